The molecule has 0 spiro atoms. The van der Waals surface area contributed by atoms with Crippen molar-refractivity contribution in [3.63, 3.8) is 0 Å². The zero-order chi connectivity index (χ0) is 12.5. The van der Waals surface area contributed by atoms with Crippen LogP contribution in [0.2, 0.25) is 0 Å². The zero-order valence-electron chi connectivity index (χ0n) is 10.3. The van der Waals surface area contributed by atoms with Crippen molar-refractivity contribution in [2.75, 3.05) is 6.54 Å². The van der Waals surface area contributed by atoms with Gasteiger partial charge in [0.1, 0.15) is 5.69 Å². The van der Waals surface area contributed by atoms with Gasteiger partial charge in [-0.2, -0.15) is 0 Å². The summed E-state index contributed by atoms with van der Waals surface area (Å²) in [4.78, 5) is 15.9. The molecule has 0 radical (unpaired) electrons. The Morgan fingerprint density at radius 2 is 2.29 bits per heavy atom. The van der Waals surface area contributed by atoms with E-state index in [1.54, 1.807) is 12.5 Å². The van der Waals surface area contributed by atoms with E-state index in [2.05, 4.69) is 11.6 Å². The Hall–Kier alpha value is -1.42. The Morgan fingerprint density at radius 1 is 1.47 bits per heavy atom. The van der Waals surface area contributed by atoms with E-state index in [1.807, 2.05) is 10.6 Å². The Bertz CT molecular complexity index is 357. The van der Waals surface area contributed by atoms with Crippen LogP contribution in [-0.4, -0.2) is 21.9 Å². The van der Waals surface area contributed by atoms with Gasteiger partial charge in [-0.15, -0.1) is 6.58 Å². The van der Waals surface area contributed by atoms with E-state index in [0.29, 0.717) is 25.2 Å². The maximum absolute atomic E-state index is 11.8. The third kappa shape index (κ3) is 4.95. The van der Waals surface area contributed by atoms with E-state index in [4.69, 9.17) is 5.73 Å². The van der Waals surface area contributed by atoms with Gasteiger partial charge < -0.3 is 10.3 Å². The molecule has 0 aliphatic carbocycles. The van der Waals surface area contributed by atoms with Crippen molar-refractivity contribution in [2.24, 2.45) is 5.73 Å². The molecular formula is C13H21N3O. The topological polar surface area (TPSA) is 60.9 Å². The number of hydrogen-bond acceptors (Lipinski definition) is 3. The zero-order valence-corrected chi connectivity index (χ0v) is 10.3. The first-order valence-corrected chi connectivity index (χ1v) is 6.14. The highest BCUT2D eigenvalue weighted by Gasteiger charge is 2.08. The van der Waals surface area contributed by atoms with Crippen molar-refractivity contribution in [1.29, 1.82) is 0 Å². The lowest BCUT2D eigenvalue weighted by molar-refractivity contribution is 0.0974. The van der Waals surface area contributed by atoms with E-state index >= 15 is 0 Å². The summed E-state index contributed by atoms with van der Waals surface area (Å²) in [6.45, 7) is 4.94. The number of imidazole rings is 1. The molecule has 1 aromatic rings. The highest BCUT2D eigenvalue weighted by molar-refractivity contribution is 5.93. The molecule has 1 aromatic heterocycles. The summed E-state index contributed by atoms with van der Waals surface area (Å²) < 4.78 is 1.85. The molecule has 0 amide bonds. The second-order valence-corrected chi connectivity index (χ2v) is 4.10. The second kappa shape index (κ2) is 7.79. The molecule has 0 aliphatic rings. The lowest BCUT2D eigenvalue weighted by Crippen LogP contribution is -2.08. The van der Waals surface area contributed by atoms with Crippen molar-refractivity contribution in [2.45, 2.75) is 38.6 Å². The van der Waals surface area contributed by atoms with E-state index in [9.17, 15) is 4.79 Å². The molecule has 0 saturated carbocycles. The molecule has 1 heterocycles. The molecule has 0 fully saturated rings. The van der Waals surface area contributed by atoms with Gasteiger partial charge in [-0.05, 0) is 19.3 Å². The summed E-state index contributed by atoms with van der Waals surface area (Å²) in [5, 5.41) is 0. The Kier molecular flexibility index (Phi) is 6.25. The average molecular weight is 235 g/mol. The summed E-state index contributed by atoms with van der Waals surface area (Å²) in [6, 6.07) is 0. The first-order valence-electron chi connectivity index (χ1n) is 6.14. The molecule has 94 valence electrons. The highest BCUT2D eigenvalue weighted by atomic mass is 16.1. The van der Waals surface area contributed by atoms with Crippen molar-refractivity contribution >= 4 is 5.78 Å². The fourth-order valence-corrected chi connectivity index (χ4v) is 1.65. The first kappa shape index (κ1) is 13.6. The number of unbranched alkanes of at least 4 members (excludes halogenated alkanes) is 3. The lowest BCUT2D eigenvalue weighted by atomic mass is 10.1. The summed E-state index contributed by atoms with van der Waals surface area (Å²) in [6.07, 6.45) is 10.1. The number of hydrogen-bond donors (Lipinski definition) is 1. The molecule has 4 heteroatoms. The molecule has 0 aliphatic heterocycles. The number of carbonyl (C=O) groups excluding carboxylic acids is 1. The molecule has 0 saturated heterocycles. The summed E-state index contributed by atoms with van der Waals surface area (Å²) in [5.74, 6) is 0.124. The van der Waals surface area contributed by atoms with Gasteiger partial charge in [0.2, 0.25) is 0 Å². The summed E-state index contributed by atoms with van der Waals surface area (Å²) >= 11 is 0. The number of Topliss-reactive ketones (excluding diaryl/α,β-unsaturated/α-hetero) is 1. The fourth-order valence-electron chi connectivity index (χ4n) is 1.65. The fraction of sp³-hybridized carbons (Fsp3) is 0.538. The molecular weight excluding hydrogens is 214 g/mol. The van der Waals surface area contributed by atoms with Crippen LogP contribution >= 0.6 is 0 Å². The van der Waals surface area contributed by atoms with Gasteiger partial charge >= 0.3 is 0 Å². The van der Waals surface area contributed by atoms with Crippen LogP contribution in [0.15, 0.2) is 25.2 Å². The first-order chi connectivity index (χ1) is 8.27. The van der Waals surface area contributed by atoms with E-state index in [1.165, 1.54) is 0 Å². The van der Waals surface area contributed by atoms with Gasteiger partial charge in [0, 0.05) is 25.7 Å². The third-order valence-electron chi connectivity index (χ3n) is 2.62. The molecule has 0 unspecified atom stereocenters. The summed E-state index contributed by atoms with van der Waals surface area (Å²) in [7, 11) is 0. The van der Waals surface area contributed by atoms with E-state index in [0.717, 1.165) is 25.7 Å². The third-order valence-corrected chi connectivity index (χ3v) is 2.62. The Morgan fingerprint density at radius 3 is 3.00 bits per heavy atom. The van der Waals surface area contributed by atoms with Gasteiger partial charge in [0.05, 0.1) is 6.33 Å². The number of allylic oxidation sites excluding steroid dienone is 1. The number of nitrogens with zero attached hydrogens (tertiary/aromatic N) is 2. The monoisotopic (exact) mass is 235 g/mol. The van der Waals surface area contributed by atoms with Gasteiger partial charge in [-0.25, -0.2) is 4.98 Å². The number of rotatable bonds is 9. The van der Waals surface area contributed by atoms with Crippen LogP contribution in [0, 0.1) is 0 Å². The second-order valence-electron chi connectivity index (χ2n) is 4.10. The molecule has 0 atom stereocenters. The van der Waals surface area contributed by atoms with Gasteiger partial charge in [-0.3, -0.25) is 4.79 Å². The molecule has 1 rings (SSSR count). The maximum atomic E-state index is 11.8. The summed E-state index contributed by atoms with van der Waals surface area (Å²) in [5.41, 5.74) is 5.99. The number of carbonyl (C=O) groups is 1. The number of ketones is 1. The SMILES string of the molecule is C=CCCCCCC(=O)c1cn(CCN)cn1. The minimum Gasteiger partial charge on any atom is -0.335 e. The Balaban J connectivity index is 2.28. The molecule has 0 aromatic carbocycles. The van der Waals surface area contributed by atoms with E-state index < -0.39 is 0 Å². The van der Waals surface area contributed by atoms with Gasteiger partial charge in [0.15, 0.2) is 5.78 Å². The Labute approximate surface area is 103 Å². The standard InChI is InChI=1S/C13H21N3O/c1-2-3-4-5-6-7-13(17)12-10-16(9-8-14)11-15-12/h2,10-11H,1,3-9,14H2. The van der Waals surface area contributed by atoms with Crippen molar-refractivity contribution in [3.8, 4) is 0 Å². The largest absolute Gasteiger partial charge is 0.335 e. The van der Waals surface area contributed by atoms with Crippen LogP contribution in [0.25, 0.3) is 0 Å². The van der Waals surface area contributed by atoms with Crippen LogP contribution in [0.5, 0.6) is 0 Å². The number of nitrogens with two attached hydrogens (primary N) is 1. The molecule has 0 bridgehead atoms. The van der Waals surface area contributed by atoms with E-state index in [-0.39, 0.29) is 5.78 Å². The predicted molar refractivity (Wildman–Crippen MR) is 68.9 cm³/mol. The van der Waals surface area contributed by atoms with Crippen molar-refractivity contribution in [3.05, 3.63) is 30.9 Å². The molecule has 17 heavy (non-hydrogen) atoms. The normalized spacial score (nSPS) is 10.4. The van der Waals surface area contributed by atoms with Gasteiger partial charge in [0.25, 0.3) is 0 Å². The van der Waals surface area contributed by atoms with Crippen LogP contribution < -0.4 is 5.73 Å². The highest BCUT2D eigenvalue weighted by Crippen LogP contribution is 2.08. The smallest absolute Gasteiger partial charge is 0.182 e. The molecule has 2 N–H and O–H groups in total. The maximum Gasteiger partial charge on any atom is 0.182 e. The molecule has 4 nitrogen and oxygen atoms in total. The minimum atomic E-state index is 0.124. The van der Waals surface area contributed by atoms with Crippen molar-refractivity contribution in [1.82, 2.24) is 9.55 Å². The van der Waals surface area contributed by atoms with Crippen molar-refractivity contribution < 1.29 is 4.79 Å². The van der Waals surface area contributed by atoms with Crippen LogP contribution in [-0.2, 0) is 6.54 Å². The average Bonchev–Trinajstić information content (AvgIpc) is 2.78. The lowest BCUT2D eigenvalue weighted by Gasteiger charge is -1.98. The minimum absolute atomic E-state index is 0.124. The number of aromatic nitrogens is 2. The predicted octanol–water partition coefficient (Wildman–Crippen LogP) is 2.16. The van der Waals surface area contributed by atoms with Crippen LogP contribution in [0.3, 0.4) is 0 Å². The van der Waals surface area contributed by atoms with Crippen LogP contribution in [0.1, 0.15) is 42.6 Å². The quantitative estimate of drug-likeness (QED) is 0.405. The van der Waals surface area contributed by atoms with Gasteiger partial charge in [-0.1, -0.05) is 12.5 Å². The van der Waals surface area contributed by atoms with Crippen LogP contribution in [0.4, 0.5) is 0 Å².